The average molecular weight is 460 g/mol. The van der Waals surface area contributed by atoms with Gasteiger partial charge in [0.15, 0.2) is 0 Å². The molecule has 0 radical (unpaired) electrons. The Morgan fingerprint density at radius 3 is 2.42 bits per heavy atom. The molecule has 2 N–H and O–H groups in total. The molecule has 0 aliphatic carbocycles. The average Bonchev–Trinajstić information content (AvgIpc) is 2.77. The predicted molar refractivity (Wildman–Crippen MR) is 125 cm³/mol. The van der Waals surface area contributed by atoms with E-state index >= 15 is 0 Å². The van der Waals surface area contributed by atoms with E-state index in [0.29, 0.717) is 32.9 Å². The number of amides is 2. The fourth-order valence-electron chi connectivity index (χ4n) is 3.50. The number of aromatic nitrogens is 1. The van der Waals surface area contributed by atoms with E-state index in [4.69, 9.17) is 23.2 Å². The molecule has 2 amide bonds. The quantitative estimate of drug-likeness (QED) is 0.557. The van der Waals surface area contributed by atoms with Gasteiger partial charge in [-0.3, -0.25) is 14.4 Å². The Labute approximate surface area is 190 Å². The fraction of sp³-hybridized carbons (Fsp3) is 0.261. The number of rotatable bonds is 6. The number of nitrogens with zero attached hydrogens (tertiary/aromatic N) is 1. The standard InChI is InChI=1S/C23H23Cl2N3O3/c1-4-20(22(30)26-3)28-11-10-15-16(23(28)31)6-5-7-19(15)27-21(29)13(2)14-8-9-17(24)18(25)12-14/h5-13,20H,4H2,1-3H3,(H,26,30)(H,27,29)/t13?,20-/m1/s1. The maximum absolute atomic E-state index is 13.1. The summed E-state index contributed by atoms with van der Waals surface area (Å²) in [6.45, 7) is 3.61. The van der Waals surface area contributed by atoms with Crippen molar-refractivity contribution in [1.82, 2.24) is 9.88 Å². The summed E-state index contributed by atoms with van der Waals surface area (Å²) in [5.74, 6) is -0.959. The molecule has 1 unspecified atom stereocenters. The second-order valence-corrected chi connectivity index (χ2v) is 8.03. The molecule has 0 spiro atoms. The maximum Gasteiger partial charge on any atom is 0.259 e. The Morgan fingerprint density at radius 1 is 1.03 bits per heavy atom. The van der Waals surface area contributed by atoms with Crippen LogP contribution in [0.5, 0.6) is 0 Å². The highest BCUT2D eigenvalue weighted by molar-refractivity contribution is 6.42. The second kappa shape index (κ2) is 9.54. The molecule has 3 rings (SSSR count). The van der Waals surface area contributed by atoms with Crippen molar-refractivity contribution in [2.24, 2.45) is 0 Å². The summed E-state index contributed by atoms with van der Waals surface area (Å²) in [5, 5.41) is 7.31. The van der Waals surface area contributed by atoms with Crippen LogP contribution in [0.1, 0.15) is 37.8 Å². The number of anilines is 1. The molecule has 0 bridgehead atoms. The van der Waals surface area contributed by atoms with Crippen LogP contribution in [0.4, 0.5) is 5.69 Å². The van der Waals surface area contributed by atoms with E-state index in [0.717, 1.165) is 5.56 Å². The van der Waals surface area contributed by atoms with E-state index < -0.39 is 12.0 Å². The van der Waals surface area contributed by atoms with Crippen molar-refractivity contribution >= 4 is 51.5 Å². The first-order valence-corrected chi connectivity index (χ1v) is 10.6. The van der Waals surface area contributed by atoms with E-state index in [9.17, 15) is 14.4 Å². The topological polar surface area (TPSA) is 80.2 Å². The van der Waals surface area contributed by atoms with Crippen molar-refractivity contribution in [3.8, 4) is 0 Å². The molecule has 0 aliphatic heterocycles. The molecule has 0 aliphatic rings. The summed E-state index contributed by atoms with van der Waals surface area (Å²) in [6, 6.07) is 11.3. The molecule has 0 saturated heterocycles. The minimum absolute atomic E-state index is 0.233. The van der Waals surface area contributed by atoms with Gasteiger partial charge in [0.2, 0.25) is 11.8 Å². The number of nitrogens with one attached hydrogen (secondary N) is 2. The van der Waals surface area contributed by atoms with Crippen molar-refractivity contribution in [2.75, 3.05) is 12.4 Å². The number of benzene rings is 2. The van der Waals surface area contributed by atoms with Crippen LogP contribution in [0, 0.1) is 0 Å². The van der Waals surface area contributed by atoms with Crippen LogP contribution in [0.3, 0.4) is 0 Å². The smallest absolute Gasteiger partial charge is 0.259 e. The SMILES string of the molecule is CC[C@H](C(=O)NC)n1ccc2c(NC(=O)C(C)c3ccc(Cl)c(Cl)c3)cccc2c1=O. The number of hydrogen-bond acceptors (Lipinski definition) is 3. The number of pyridine rings is 1. The third-order valence-electron chi connectivity index (χ3n) is 5.34. The molecule has 2 atom stereocenters. The zero-order valence-corrected chi connectivity index (χ0v) is 18.9. The summed E-state index contributed by atoms with van der Waals surface area (Å²) < 4.78 is 1.42. The van der Waals surface area contributed by atoms with Crippen molar-refractivity contribution < 1.29 is 9.59 Å². The first-order valence-electron chi connectivity index (χ1n) is 9.89. The first kappa shape index (κ1) is 22.8. The predicted octanol–water partition coefficient (Wildman–Crippen LogP) is 4.75. The molecule has 2 aromatic carbocycles. The monoisotopic (exact) mass is 459 g/mol. The third-order valence-corrected chi connectivity index (χ3v) is 6.08. The molecular weight excluding hydrogens is 437 g/mol. The zero-order valence-electron chi connectivity index (χ0n) is 17.4. The molecule has 1 aromatic heterocycles. The van der Waals surface area contributed by atoms with Gasteiger partial charge in [0.25, 0.3) is 5.56 Å². The molecule has 1 heterocycles. The number of fused-ring (bicyclic) bond motifs is 1. The Kier molecular flexibility index (Phi) is 7.03. The van der Waals surface area contributed by atoms with Gasteiger partial charge in [0.05, 0.1) is 16.0 Å². The number of carbonyl (C=O) groups excluding carboxylic acids is 2. The van der Waals surface area contributed by atoms with Crippen LogP contribution >= 0.6 is 23.2 Å². The van der Waals surface area contributed by atoms with Crippen LogP contribution in [0.2, 0.25) is 10.0 Å². The third kappa shape index (κ3) is 4.60. The fourth-order valence-corrected chi connectivity index (χ4v) is 3.80. The van der Waals surface area contributed by atoms with Gasteiger partial charge in [0.1, 0.15) is 6.04 Å². The van der Waals surface area contributed by atoms with Crippen LogP contribution in [-0.4, -0.2) is 23.4 Å². The van der Waals surface area contributed by atoms with E-state index in [2.05, 4.69) is 10.6 Å². The highest BCUT2D eigenvalue weighted by Crippen LogP contribution is 2.28. The molecule has 0 fully saturated rings. The van der Waals surface area contributed by atoms with E-state index in [1.165, 1.54) is 4.57 Å². The van der Waals surface area contributed by atoms with Crippen LogP contribution in [-0.2, 0) is 9.59 Å². The molecule has 0 saturated carbocycles. The van der Waals surface area contributed by atoms with Gasteiger partial charge in [0, 0.05) is 29.7 Å². The Balaban J connectivity index is 1.95. The summed E-state index contributed by atoms with van der Waals surface area (Å²) in [4.78, 5) is 38.1. The molecule has 162 valence electrons. The van der Waals surface area contributed by atoms with Crippen molar-refractivity contribution in [3.63, 3.8) is 0 Å². The number of carbonyl (C=O) groups is 2. The highest BCUT2D eigenvalue weighted by atomic mass is 35.5. The first-order chi connectivity index (χ1) is 14.8. The van der Waals surface area contributed by atoms with Gasteiger partial charge in [-0.25, -0.2) is 0 Å². The summed E-state index contributed by atoms with van der Waals surface area (Å²) in [6.07, 6.45) is 2.06. The largest absolute Gasteiger partial charge is 0.357 e. The van der Waals surface area contributed by atoms with Crippen molar-refractivity contribution in [3.05, 3.63) is 74.6 Å². The van der Waals surface area contributed by atoms with Crippen molar-refractivity contribution in [2.45, 2.75) is 32.2 Å². The van der Waals surface area contributed by atoms with Gasteiger partial charge < -0.3 is 15.2 Å². The molecule has 8 heteroatoms. The lowest BCUT2D eigenvalue weighted by atomic mass is 10.00. The molecule has 3 aromatic rings. The van der Waals surface area contributed by atoms with E-state index in [1.807, 2.05) is 6.92 Å². The summed E-state index contributed by atoms with van der Waals surface area (Å²) in [5.41, 5.74) is 0.957. The molecule has 6 nitrogen and oxygen atoms in total. The van der Waals surface area contributed by atoms with Gasteiger partial charge in [-0.05, 0) is 49.2 Å². The number of hydrogen-bond donors (Lipinski definition) is 2. The number of halogens is 2. The van der Waals surface area contributed by atoms with Crippen molar-refractivity contribution in [1.29, 1.82) is 0 Å². The highest BCUT2D eigenvalue weighted by Gasteiger charge is 2.21. The van der Waals surface area contributed by atoms with Crippen LogP contribution in [0.25, 0.3) is 10.8 Å². The van der Waals surface area contributed by atoms with Crippen LogP contribution in [0.15, 0.2) is 53.5 Å². The van der Waals surface area contributed by atoms with Gasteiger partial charge in [-0.2, -0.15) is 0 Å². The Morgan fingerprint density at radius 2 is 1.77 bits per heavy atom. The van der Waals surface area contributed by atoms with E-state index in [1.54, 1.807) is 62.6 Å². The van der Waals surface area contributed by atoms with Gasteiger partial charge >= 0.3 is 0 Å². The normalized spacial score (nSPS) is 12.9. The lowest BCUT2D eigenvalue weighted by Gasteiger charge is -2.18. The van der Waals surface area contributed by atoms with Gasteiger partial charge in [-0.15, -0.1) is 0 Å². The van der Waals surface area contributed by atoms with Crippen LogP contribution < -0.4 is 16.2 Å². The summed E-state index contributed by atoms with van der Waals surface area (Å²) >= 11 is 12.0. The lowest BCUT2D eigenvalue weighted by Crippen LogP contribution is -2.35. The Bertz CT molecular complexity index is 1210. The summed E-state index contributed by atoms with van der Waals surface area (Å²) in [7, 11) is 1.54. The lowest BCUT2D eigenvalue weighted by molar-refractivity contribution is -0.124. The molecular formula is C23H23Cl2N3O3. The maximum atomic E-state index is 13.1. The minimum Gasteiger partial charge on any atom is -0.357 e. The second-order valence-electron chi connectivity index (χ2n) is 7.22. The molecule has 31 heavy (non-hydrogen) atoms. The number of likely N-dealkylation sites (N-methyl/N-ethyl adjacent to an activating group) is 1. The minimum atomic E-state index is -0.602. The Hall–Kier alpha value is -2.83. The van der Waals surface area contributed by atoms with Gasteiger partial charge in [-0.1, -0.05) is 42.3 Å². The van der Waals surface area contributed by atoms with E-state index in [-0.39, 0.29) is 17.4 Å². The zero-order chi connectivity index (χ0) is 22.7.